The molecule has 0 radical (unpaired) electrons. The number of halogens is 1. The van der Waals surface area contributed by atoms with Gasteiger partial charge in [0.15, 0.2) is 12.4 Å². The predicted octanol–water partition coefficient (Wildman–Crippen LogP) is 2.82. The van der Waals surface area contributed by atoms with Crippen LogP contribution in [0.3, 0.4) is 0 Å². The van der Waals surface area contributed by atoms with Crippen molar-refractivity contribution in [1.82, 2.24) is 5.32 Å². The van der Waals surface area contributed by atoms with E-state index in [4.69, 9.17) is 22.1 Å². The van der Waals surface area contributed by atoms with Crippen molar-refractivity contribution in [2.24, 2.45) is 5.73 Å². The van der Waals surface area contributed by atoms with Gasteiger partial charge in [0.2, 0.25) is 0 Å². The van der Waals surface area contributed by atoms with E-state index in [-0.39, 0.29) is 12.2 Å². The van der Waals surface area contributed by atoms with E-state index in [2.05, 4.69) is 10.6 Å². The number of nitrogens with two attached hydrogens (primary N) is 1. The first-order chi connectivity index (χ1) is 13.8. The van der Waals surface area contributed by atoms with Crippen LogP contribution in [0.5, 0.6) is 0 Å². The molecule has 0 saturated heterocycles. The number of benzene rings is 2. The van der Waals surface area contributed by atoms with Gasteiger partial charge >= 0.3 is 12.0 Å². The van der Waals surface area contributed by atoms with Gasteiger partial charge in [-0.1, -0.05) is 41.9 Å². The predicted molar refractivity (Wildman–Crippen MR) is 108 cm³/mol. The summed E-state index contributed by atoms with van der Waals surface area (Å²) in [7, 11) is 0. The molecule has 29 heavy (non-hydrogen) atoms. The molecule has 0 unspecified atom stereocenters. The molecule has 0 spiro atoms. The van der Waals surface area contributed by atoms with Gasteiger partial charge in [0, 0.05) is 10.6 Å². The Hall–Kier alpha value is -3.39. The maximum atomic E-state index is 12.2. The fourth-order valence-corrected chi connectivity index (χ4v) is 2.89. The molecule has 152 valence electrons. The van der Waals surface area contributed by atoms with Gasteiger partial charge in [-0.05, 0) is 30.7 Å². The normalized spacial score (nSPS) is 11.2. The topological polar surface area (TPSA) is 128 Å². The Kier molecular flexibility index (Phi) is 7.73. The van der Waals surface area contributed by atoms with Crippen LogP contribution in [0.1, 0.15) is 35.3 Å². The number of carbonyl (C=O) groups is 4. The SMILES string of the molecule is CC(=O)c1ccccc1NC(=O)COC(=O)C[C@@H](NC(N)=O)c1ccccc1Cl. The van der Waals surface area contributed by atoms with Crippen LogP contribution in [0.2, 0.25) is 5.02 Å². The minimum atomic E-state index is -0.832. The number of esters is 1. The largest absolute Gasteiger partial charge is 0.455 e. The quantitative estimate of drug-likeness (QED) is 0.449. The standard InChI is InChI=1S/C20H20ClN3O5/c1-12(25)13-6-3-5-9-16(13)23-18(26)11-29-19(27)10-17(24-20(22)28)14-7-2-4-8-15(14)21/h2-9,17H,10-11H2,1H3,(H,23,26)(H3,22,24,28)/t17-/m1/s1. The molecule has 9 heteroatoms. The summed E-state index contributed by atoms with van der Waals surface area (Å²) in [5.74, 6) is -1.55. The molecule has 2 aromatic rings. The summed E-state index contributed by atoms with van der Waals surface area (Å²) in [5, 5.41) is 5.30. The first-order valence-corrected chi connectivity index (χ1v) is 9.01. The summed E-state index contributed by atoms with van der Waals surface area (Å²) in [6.45, 7) is 0.822. The third-order valence-corrected chi connectivity index (χ3v) is 4.26. The minimum Gasteiger partial charge on any atom is -0.455 e. The van der Waals surface area contributed by atoms with Crippen LogP contribution in [0.25, 0.3) is 0 Å². The van der Waals surface area contributed by atoms with E-state index in [1.54, 1.807) is 48.5 Å². The van der Waals surface area contributed by atoms with Crippen molar-refractivity contribution in [3.05, 3.63) is 64.7 Å². The average molecular weight is 418 g/mol. The van der Waals surface area contributed by atoms with E-state index < -0.39 is 30.6 Å². The number of urea groups is 1. The summed E-state index contributed by atoms with van der Waals surface area (Å²) >= 11 is 6.11. The number of hydrogen-bond acceptors (Lipinski definition) is 5. The number of primary amides is 1. The first-order valence-electron chi connectivity index (χ1n) is 8.63. The lowest BCUT2D eigenvalue weighted by molar-refractivity contribution is -0.147. The Balaban J connectivity index is 1.97. The molecule has 3 amide bonds. The maximum Gasteiger partial charge on any atom is 0.312 e. The second-order valence-corrected chi connectivity index (χ2v) is 6.50. The zero-order valence-electron chi connectivity index (χ0n) is 15.6. The molecule has 4 N–H and O–H groups in total. The smallest absolute Gasteiger partial charge is 0.312 e. The molecular weight excluding hydrogens is 398 g/mol. The number of para-hydroxylation sites is 1. The Morgan fingerprint density at radius 1 is 1.07 bits per heavy atom. The summed E-state index contributed by atoms with van der Waals surface area (Å²) in [4.78, 5) is 47.1. The van der Waals surface area contributed by atoms with Gasteiger partial charge in [-0.2, -0.15) is 0 Å². The lowest BCUT2D eigenvalue weighted by Gasteiger charge is -2.18. The molecule has 0 aromatic heterocycles. The van der Waals surface area contributed by atoms with E-state index in [0.29, 0.717) is 21.8 Å². The Morgan fingerprint density at radius 3 is 2.38 bits per heavy atom. The van der Waals surface area contributed by atoms with Crippen molar-refractivity contribution in [3.63, 3.8) is 0 Å². The summed E-state index contributed by atoms with van der Waals surface area (Å²) in [6, 6.07) is 11.5. The number of ether oxygens (including phenoxy) is 1. The number of carbonyl (C=O) groups excluding carboxylic acids is 4. The van der Waals surface area contributed by atoms with Gasteiger partial charge in [-0.3, -0.25) is 14.4 Å². The summed E-state index contributed by atoms with van der Waals surface area (Å²) in [6.07, 6.45) is -0.274. The van der Waals surface area contributed by atoms with E-state index in [1.165, 1.54) is 6.92 Å². The third kappa shape index (κ3) is 6.62. The zero-order valence-corrected chi connectivity index (χ0v) is 16.4. The molecule has 2 rings (SSSR count). The summed E-state index contributed by atoms with van der Waals surface area (Å²) < 4.78 is 4.98. The third-order valence-electron chi connectivity index (χ3n) is 3.91. The number of Topliss-reactive ketones (excluding diaryl/α,β-unsaturated/α-hetero) is 1. The minimum absolute atomic E-state index is 0.210. The fraction of sp³-hybridized carbons (Fsp3) is 0.200. The molecule has 0 bridgehead atoms. The number of amides is 3. The van der Waals surface area contributed by atoms with Gasteiger partial charge in [-0.25, -0.2) is 4.79 Å². The molecule has 8 nitrogen and oxygen atoms in total. The Bertz CT molecular complexity index is 932. The second kappa shape index (κ2) is 10.2. The van der Waals surface area contributed by atoms with E-state index in [1.807, 2.05) is 0 Å². The van der Waals surface area contributed by atoms with Gasteiger partial charge in [0.05, 0.1) is 18.2 Å². The fourth-order valence-electron chi connectivity index (χ4n) is 2.63. The van der Waals surface area contributed by atoms with Crippen LogP contribution < -0.4 is 16.4 Å². The number of hydrogen-bond donors (Lipinski definition) is 3. The van der Waals surface area contributed by atoms with Crippen LogP contribution in [-0.2, 0) is 14.3 Å². The highest BCUT2D eigenvalue weighted by Gasteiger charge is 2.21. The molecule has 0 aliphatic carbocycles. The highest BCUT2D eigenvalue weighted by molar-refractivity contribution is 6.31. The average Bonchev–Trinajstić information content (AvgIpc) is 2.66. The van der Waals surface area contributed by atoms with Crippen LogP contribution in [0, 0.1) is 0 Å². The monoisotopic (exact) mass is 417 g/mol. The van der Waals surface area contributed by atoms with Crippen molar-refractivity contribution in [2.45, 2.75) is 19.4 Å². The van der Waals surface area contributed by atoms with Crippen molar-refractivity contribution < 1.29 is 23.9 Å². The van der Waals surface area contributed by atoms with Crippen molar-refractivity contribution in [3.8, 4) is 0 Å². The highest BCUT2D eigenvalue weighted by Crippen LogP contribution is 2.25. The molecule has 0 saturated carbocycles. The van der Waals surface area contributed by atoms with Crippen molar-refractivity contribution in [1.29, 1.82) is 0 Å². The number of nitrogens with one attached hydrogen (secondary N) is 2. The second-order valence-electron chi connectivity index (χ2n) is 6.10. The highest BCUT2D eigenvalue weighted by atomic mass is 35.5. The van der Waals surface area contributed by atoms with Gasteiger partial charge in [0.1, 0.15) is 0 Å². The number of anilines is 1. The Labute approximate surface area is 172 Å². The van der Waals surface area contributed by atoms with Gasteiger partial charge < -0.3 is 21.1 Å². The lowest BCUT2D eigenvalue weighted by Crippen LogP contribution is -2.35. The van der Waals surface area contributed by atoms with Gasteiger partial charge in [0.25, 0.3) is 5.91 Å². The molecule has 1 atom stereocenters. The van der Waals surface area contributed by atoms with Crippen LogP contribution in [-0.4, -0.2) is 30.3 Å². The first kappa shape index (κ1) is 21.9. The van der Waals surface area contributed by atoms with E-state index >= 15 is 0 Å². The Morgan fingerprint density at radius 2 is 1.72 bits per heavy atom. The number of ketones is 1. The molecule has 0 fully saturated rings. The molecule has 0 heterocycles. The summed E-state index contributed by atoms with van der Waals surface area (Å²) in [5.41, 5.74) is 6.33. The maximum absolute atomic E-state index is 12.2. The van der Waals surface area contributed by atoms with Crippen LogP contribution >= 0.6 is 11.6 Å². The molecular formula is C20H20ClN3O5. The molecule has 0 aliphatic heterocycles. The van der Waals surface area contributed by atoms with Crippen LogP contribution in [0.15, 0.2) is 48.5 Å². The van der Waals surface area contributed by atoms with E-state index in [0.717, 1.165) is 0 Å². The van der Waals surface area contributed by atoms with Crippen molar-refractivity contribution >= 4 is 41.0 Å². The van der Waals surface area contributed by atoms with Crippen molar-refractivity contribution in [2.75, 3.05) is 11.9 Å². The van der Waals surface area contributed by atoms with Crippen LogP contribution in [0.4, 0.5) is 10.5 Å². The number of rotatable bonds is 8. The zero-order chi connectivity index (χ0) is 21.4. The lowest BCUT2D eigenvalue weighted by atomic mass is 10.0. The molecule has 2 aromatic carbocycles. The van der Waals surface area contributed by atoms with E-state index in [9.17, 15) is 19.2 Å². The van der Waals surface area contributed by atoms with Gasteiger partial charge in [-0.15, -0.1) is 0 Å². The molecule has 0 aliphatic rings.